The summed E-state index contributed by atoms with van der Waals surface area (Å²) in [4.78, 5) is 16.7. The molecule has 0 unspecified atom stereocenters. The highest BCUT2D eigenvalue weighted by atomic mass is 19.1. The summed E-state index contributed by atoms with van der Waals surface area (Å²) >= 11 is 0. The van der Waals surface area contributed by atoms with Gasteiger partial charge in [0.2, 0.25) is 0 Å². The van der Waals surface area contributed by atoms with E-state index in [1.165, 1.54) is 6.07 Å². The zero-order chi connectivity index (χ0) is 19.2. The SMILES string of the molecule is CCOCc1cc(C(=O)N2CCN(c3ccccc3F)CC2)ccc1OC. The van der Waals surface area contributed by atoms with Crippen LogP contribution in [0.25, 0.3) is 0 Å². The van der Waals surface area contributed by atoms with E-state index in [2.05, 4.69) is 0 Å². The summed E-state index contributed by atoms with van der Waals surface area (Å²) in [5.41, 5.74) is 2.06. The molecule has 0 N–H and O–H groups in total. The number of piperazine rings is 1. The van der Waals surface area contributed by atoms with E-state index in [1.54, 1.807) is 31.4 Å². The summed E-state index contributed by atoms with van der Waals surface area (Å²) in [5, 5.41) is 0. The molecule has 1 amide bonds. The average Bonchev–Trinajstić information content (AvgIpc) is 2.72. The Balaban J connectivity index is 1.68. The number of hydrogen-bond donors (Lipinski definition) is 0. The van der Waals surface area contributed by atoms with Crippen LogP contribution < -0.4 is 9.64 Å². The average molecular weight is 372 g/mol. The number of amides is 1. The summed E-state index contributed by atoms with van der Waals surface area (Å²) in [7, 11) is 1.61. The second-order valence-corrected chi connectivity index (χ2v) is 6.39. The third-order valence-electron chi connectivity index (χ3n) is 4.75. The number of nitrogens with zero attached hydrogens (tertiary/aromatic N) is 2. The lowest BCUT2D eigenvalue weighted by Crippen LogP contribution is -2.49. The van der Waals surface area contributed by atoms with Crippen molar-refractivity contribution in [3.63, 3.8) is 0 Å². The van der Waals surface area contributed by atoms with Gasteiger partial charge < -0.3 is 19.3 Å². The first-order valence-corrected chi connectivity index (χ1v) is 9.17. The maximum atomic E-state index is 14.0. The van der Waals surface area contributed by atoms with Gasteiger partial charge in [-0.2, -0.15) is 0 Å². The zero-order valence-corrected chi connectivity index (χ0v) is 15.8. The molecule has 6 heteroatoms. The fraction of sp³-hybridized carbons (Fsp3) is 0.381. The summed E-state index contributed by atoms with van der Waals surface area (Å²) in [5.74, 6) is 0.459. The molecule has 0 atom stereocenters. The lowest BCUT2D eigenvalue weighted by Gasteiger charge is -2.36. The predicted octanol–water partition coefficient (Wildman–Crippen LogP) is 3.33. The van der Waals surface area contributed by atoms with E-state index >= 15 is 0 Å². The first-order chi connectivity index (χ1) is 13.1. The van der Waals surface area contributed by atoms with Crippen molar-refractivity contribution in [2.24, 2.45) is 0 Å². The molecular formula is C21H25FN2O3. The quantitative estimate of drug-likeness (QED) is 0.780. The van der Waals surface area contributed by atoms with Crippen LogP contribution in [0.3, 0.4) is 0 Å². The largest absolute Gasteiger partial charge is 0.496 e. The molecule has 0 radical (unpaired) electrons. The number of para-hydroxylation sites is 1. The molecule has 5 nitrogen and oxygen atoms in total. The first kappa shape index (κ1) is 19.2. The summed E-state index contributed by atoms with van der Waals surface area (Å²) in [6, 6.07) is 12.2. The minimum Gasteiger partial charge on any atom is -0.496 e. The molecule has 0 bridgehead atoms. The summed E-state index contributed by atoms with van der Waals surface area (Å²) in [6.45, 7) is 5.25. The van der Waals surface area contributed by atoms with Gasteiger partial charge in [0.05, 0.1) is 19.4 Å². The number of ether oxygens (including phenoxy) is 2. The van der Waals surface area contributed by atoms with Crippen LogP contribution in [0.1, 0.15) is 22.8 Å². The maximum absolute atomic E-state index is 14.0. The molecule has 2 aromatic rings. The zero-order valence-electron chi connectivity index (χ0n) is 15.8. The van der Waals surface area contributed by atoms with Crippen LogP contribution in [-0.2, 0) is 11.3 Å². The van der Waals surface area contributed by atoms with Crippen molar-refractivity contribution in [3.05, 3.63) is 59.4 Å². The fourth-order valence-corrected chi connectivity index (χ4v) is 3.28. The Morgan fingerprint density at radius 2 is 1.85 bits per heavy atom. The van der Waals surface area contributed by atoms with Crippen LogP contribution in [-0.4, -0.2) is 50.7 Å². The Morgan fingerprint density at radius 1 is 1.11 bits per heavy atom. The molecule has 1 aliphatic heterocycles. The number of halogens is 1. The molecule has 1 heterocycles. The highest BCUT2D eigenvalue weighted by Gasteiger charge is 2.24. The Morgan fingerprint density at radius 3 is 2.52 bits per heavy atom. The molecule has 2 aromatic carbocycles. The van der Waals surface area contributed by atoms with Crippen molar-refractivity contribution in [1.29, 1.82) is 0 Å². The highest BCUT2D eigenvalue weighted by molar-refractivity contribution is 5.94. The van der Waals surface area contributed by atoms with E-state index in [0.29, 0.717) is 56.4 Å². The van der Waals surface area contributed by atoms with Gasteiger partial charge in [-0.3, -0.25) is 4.79 Å². The van der Waals surface area contributed by atoms with Crippen molar-refractivity contribution in [2.75, 3.05) is 44.8 Å². The number of anilines is 1. The van der Waals surface area contributed by atoms with Gasteiger partial charge in [-0.05, 0) is 37.3 Å². The van der Waals surface area contributed by atoms with Crippen molar-refractivity contribution >= 4 is 11.6 Å². The number of carbonyl (C=O) groups excluding carboxylic acids is 1. The summed E-state index contributed by atoms with van der Waals surface area (Å²) in [6.07, 6.45) is 0. The van der Waals surface area contributed by atoms with E-state index in [-0.39, 0.29) is 11.7 Å². The van der Waals surface area contributed by atoms with Crippen molar-refractivity contribution in [1.82, 2.24) is 4.90 Å². The molecule has 27 heavy (non-hydrogen) atoms. The second-order valence-electron chi connectivity index (χ2n) is 6.39. The number of rotatable bonds is 6. The molecular weight excluding hydrogens is 347 g/mol. The lowest BCUT2D eigenvalue weighted by atomic mass is 10.1. The fourth-order valence-electron chi connectivity index (χ4n) is 3.28. The van der Waals surface area contributed by atoms with Crippen molar-refractivity contribution in [3.8, 4) is 5.75 Å². The maximum Gasteiger partial charge on any atom is 0.253 e. The lowest BCUT2D eigenvalue weighted by molar-refractivity contribution is 0.0746. The number of carbonyl (C=O) groups is 1. The normalized spacial score (nSPS) is 14.3. The Bertz CT molecular complexity index is 789. The van der Waals surface area contributed by atoms with Crippen LogP contribution in [0.15, 0.2) is 42.5 Å². The number of methoxy groups -OCH3 is 1. The van der Waals surface area contributed by atoms with Crippen LogP contribution in [0.5, 0.6) is 5.75 Å². The van der Waals surface area contributed by atoms with Gasteiger partial charge in [0, 0.05) is 43.9 Å². The smallest absolute Gasteiger partial charge is 0.253 e. The topological polar surface area (TPSA) is 42.0 Å². The predicted molar refractivity (Wildman–Crippen MR) is 103 cm³/mol. The van der Waals surface area contributed by atoms with Crippen LogP contribution in [0.2, 0.25) is 0 Å². The van der Waals surface area contributed by atoms with Gasteiger partial charge in [-0.15, -0.1) is 0 Å². The minimum absolute atomic E-state index is 0.0245. The van der Waals surface area contributed by atoms with Gasteiger partial charge in [0.15, 0.2) is 0 Å². The third-order valence-corrected chi connectivity index (χ3v) is 4.75. The van der Waals surface area contributed by atoms with Crippen LogP contribution in [0.4, 0.5) is 10.1 Å². The monoisotopic (exact) mass is 372 g/mol. The molecule has 1 saturated heterocycles. The van der Waals surface area contributed by atoms with E-state index in [9.17, 15) is 9.18 Å². The molecule has 0 aliphatic carbocycles. The molecule has 144 valence electrons. The van der Waals surface area contributed by atoms with E-state index in [4.69, 9.17) is 9.47 Å². The van der Waals surface area contributed by atoms with Gasteiger partial charge in [0.25, 0.3) is 5.91 Å². The van der Waals surface area contributed by atoms with Gasteiger partial charge >= 0.3 is 0 Å². The van der Waals surface area contributed by atoms with Crippen molar-refractivity contribution < 1.29 is 18.7 Å². The third kappa shape index (κ3) is 4.39. The van der Waals surface area contributed by atoms with Gasteiger partial charge in [-0.1, -0.05) is 12.1 Å². The number of benzene rings is 2. The molecule has 0 aromatic heterocycles. The van der Waals surface area contributed by atoms with Crippen LogP contribution in [0, 0.1) is 5.82 Å². The molecule has 3 rings (SSSR count). The second kappa shape index (κ2) is 8.86. The van der Waals surface area contributed by atoms with E-state index in [1.807, 2.05) is 28.9 Å². The van der Waals surface area contributed by atoms with Gasteiger partial charge in [-0.25, -0.2) is 4.39 Å². The Hall–Kier alpha value is -2.60. The Kier molecular flexibility index (Phi) is 6.29. The van der Waals surface area contributed by atoms with Crippen LogP contribution >= 0.6 is 0 Å². The minimum atomic E-state index is -0.229. The molecule has 0 spiro atoms. The molecule has 1 aliphatic rings. The molecule has 1 fully saturated rings. The van der Waals surface area contributed by atoms with E-state index < -0.39 is 0 Å². The summed E-state index contributed by atoms with van der Waals surface area (Å²) < 4.78 is 24.8. The standard InChI is InChI=1S/C21H25FN2O3/c1-3-27-15-17-14-16(8-9-20(17)26-2)21(25)24-12-10-23(11-13-24)19-7-5-4-6-18(19)22/h4-9,14H,3,10-13,15H2,1-2H3. The molecule has 0 saturated carbocycles. The number of hydrogen-bond acceptors (Lipinski definition) is 4. The first-order valence-electron chi connectivity index (χ1n) is 9.17. The van der Waals surface area contributed by atoms with Gasteiger partial charge in [0.1, 0.15) is 11.6 Å². The Labute approximate surface area is 159 Å². The highest BCUT2D eigenvalue weighted by Crippen LogP contribution is 2.23. The van der Waals surface area contributed by atoms with E-state index in [0.717, 1.165) is 5.56 Å². The van der Waals surface area contributed by atoms with Crippen molar-refractivity contribution in [2.45, 2.75) is 13.5 Å².